The van der Waals surface area contributed by atoms with E-state index in [1.165, 1.54) is 6.20 Å². The average Bonchev–Trinajstić information content (AvgIpc) is 2.29. The molecule has 0 atom stereocenters. The van der Waals surface area contributed by atoms with E-state index < -0.39 is 11.4 Å². The van der Waals surface area contributed by atoms with Gasteiger partial charge in [-0.15, -0.1) is 0 Å². The average molecular weight is 249 g/mol. The third-order valence-corrected chi connectivity index (χ3v) is 2.49. The summed E-state index contributed by atoms with van der Waals surface area (Å²) in [4.78, 5) is 22.7. The van der Waals surface area contributed by atoms with Crippen molar-refractivity contribution >= 4 is 11.8 Å². The first-order chi connectivity index (χ1) is 8.43. The van der Waals surface area contributed by atoms with Crippen molar-refractivity contribution in [3.05, 3.63) is 28.0 Å². The lowest BCUT2D eigenvalue weighted by Crippen LogP contribution is -2.31. The zero-order chi connectivity index (χ0) is 13.8. The van der Waals surface area contributed by atoms with Gasteiger partial charge in [-0.25, -0.2) is 9.97 Å². The fourth-order valence-corrected chi connectivity index (χ4v) is 1.44. The Bertz CT molecular complexity index is 506. The molecular weight excluding hydrogens is 234 g/mol. The Morgan fingerprint density at radius 3 is 2.83 bits per heavy atom. The van der Waals surface area contributed by atoms with Crippen LogP contribution in [0.3, 0.4) is 0 Å². The molecule has 0 unspecified atom stereocenters. The molecule has 1 aromatic rings. The number of esters is 1. The molecule has 0 aliphatic carbocycles. The van der Waals surface area contributed by atoms with Crippen LogP contribution < -0.4 is 0 Å². The molecule has 0 saturated heterocycles. The molecule has 7 nitrogen and oxygen atoms in total. The van der Waals surface area contributed by atoms with Crippen LogP contribution in [-0.4, -0.2) is 22.5 Å². The minimum Gasteiger partial charge on any atom is -0.465 e. The summed E-state index contributed by atoms with van der Waals surface area (Å²) in [5, 5.41) is 3.50. The van der Waals surface area contributed by atoms with Gasteiger partial charge in [-0.1, -0.05) is 0 Å². The second-order valence-electron chi connectivity index (χ2n) is 4.19. The molecule has 1 aromatic heterocycles. The molecule has 1 rings (SSSR count). The predicted octanol–water partition coefficient (Wildman–Crippen LogP) is 2.57. The predicted molar refractivity (Wildman–Crippen MR) is 65.2 cm³/mol. The fraction of sp³-hybridized carbons (Fsp3) is 0.545. The Labute approximate surface area is 105 Å². The van der Waals surface area contributed by atoms with E-state index in [1.54, 1.807) is 27.7 Å². The van der Waals surface area contributed by atoms with E-state index in [4.69, 9.17) is 10.3 Å². The van der Waals surface area contributed by atoms with Crippen molar-refractivity contribution in [2.45, 2.75) is 33.1 Å². The van der Waals surface area contributed by atoms with Crippen LogP contribution in [0.4, 0.5) is 5.82 Å². The van der Waals surface area contributed by atoms with E-state index >= 15 is 0 Å². The summed E-state index contributed by atoms with van der Waals surface area (Å²) >= 11 is 0. The van der Waals surface area contributed by atoms with Gasteiger partial charge in [0, 0.05) is 16.7 Å². The van der Waals surface area contributed by atoms with Gasteiger partial charge < -0.3 is 4.74 Å². The second kappa shape index (κ2) is 5.46. The number of nitrogens with zero attached hydrogens (tertiary/aromatic N) is 5. The van der Waals surface area contributed by atoms with E-state index in [2.05, 4.69) is 20.0 Å². The topological polar surface area (TPSA) is 101 Å². The highest BCUT2D eigenvalue weighted by atomic mass is 16.5. The van der Waals surface area contributed by atoms with Crippen LogP contribution in [0.15, 0.2) is 11.3 Å². The maximum Gasteiger partial charge on any atom is 0.316 e. The van der Waals surface area contributed by atoms with Crippen molar-refractivity contribution in [3.63, 3.8) is 0 Å². The van der Waals surface area contributed by atoms with E-state index in [0.717, 1.165) is 0 Å². The van der Waals surface area contributed by atoms with Gasteiger partial charge in [-0.3, -0.25) is 4.79 Å². The lowest BCUT2D eigenvalue weighted by Gasteiger charge is -2.23. The zero-order valence-corrected chi connectivity index (χ0v) is 10.8. The summed E-state index contributed by atoms with van der Waals surface area (Å²) in [6, 6.07) is 0. The first-order valence-electron chi connectivity index (χ1n) is 5.50. The molecule has 0 aliphatic heterocycles. The van der Waals surface area contributed by atoms with E-state index in [1.807, 2.05) is 0 Å². The number of carbonyl (C=O) groups excluding carboxylic acids is 1. The van der Waals surface area contributed by atoms with Crippen molar-refractivity contribution in [2.24, 2.45) is 5.11 Å². The maximum atomic E-state index is 11.9. The molecular formula is C11H15N5O2. The molecule has 18 heavy (non-hydrogen) atoms. The van der Waals surface area contributed by atoms with Crippen LogP contribution in [0.25, 0.3) is 10.4 Å². The molecule has 0 N–H and O–H groups in total. The highest BCUT2D eigenvalue weighted by molar-refractivity contribution is 5.83. The van der Waals surface area contributed by atoms with Crippen LogP contribution in [-0.2, 0) is 14.9 Å². The Balaban J connectivity index is 3.30. The lowest BCUT2D eigenvalue weighted by atomic mass is 9.86. The molecule has 1 heterocycles. The molecule has 0 radical (unpaired) electrons. The number of aromatic nitrogens is 2. The third kappa shape index (κ3) is 2.75. The van der Waals surface area contributed by atoms with Gasteiger partial charge in [0.05, 0.1) is 12.0 Å². The molecule has 0 aliphatic rings. The highest BCUT2D eigenvalue weighted by Crippen LogP contribution is 2.31. The maximum absolute atomic E-state index is 11.9. The Kier molecular flexibility index (Phi) is 4.23. The summed E-state index contributed by atoms with van der Waals surface area (Å²) in [6.07, 6.45) is 1.49. The summed E-state index contributed by atoms with van der Waals surface area (Å²) in [5.74, 6) is 0.218. The van der Waals surface area contributed by atoms with Crippen LogP contribution in [0.2, 0.25) is 0 Å². The molecule has 96 valence electrons. The standard InChI is InChI=1S/C11H15N5O2/c1-5-18-10(17)11(3,4)8-6-13-7(2)14-9(8)15-16-12/h6H,5H2,1-4H3. The van der Waals surface area contributed by atoms with Crippen LogP contribution in [0.5, 0.6) is 0 Å². The van der Waals surface area contributed by atoms with Gasteiger partial charge in [0.15, 0.2) is 0 Å². The normalized spacial score (nSPS) is 10.7. The molecule has 7 heteroatoms. The molecule has 0 amide bonds. The smallest absolute Gasteiger partial charge is 0.316 e. The second-order valence-corrected chi connectivity index (χ2v) is 4.19. The summed E-state index contributed by atoms with van der Waals surface area (Å²) in [5.41, 5.74) is 8.01. The van der Waals surface area contributed by atoms with Crippen LogP contribution >= 0.6 is 0 Å². The van der Waals surface area contributed by atoms with Crippen molar-refractivity contribution in [1.82, 2.24) is 9.97 Å². The van der Waals surface area contributed by atoms with Crippen molar-refractivity contribution in [1.29, 1.82) is 0 Å². The number of carbonyl (C=O) groups is 1. The minimum absolute atomic E-state index is 0.156. The molecule has 0 fully saturated rings. The van der Waals surface area contributed by atoms with Crippen LogP contribution in [0.1, 0.15) is 32.2 Å². The lowest BCUT2D eigenvalue weighted by molar-refractivity contribution is -0.148. The van der Waals surface area contributed by atoms with Crippen LogP contribution in [0, 0.1) is 6.92 Å². The van der Waals surface area contributed by atoms with Gasteiger partial charge >= 0.3 is 5.97 Å². The summed E-state index contributed by atoms with van der Waals surface area (Å²) < 4.78 is 5.00. The fourth-order valence-electron chi connectivity index (χ4n) is 1.44. The quantitative estimate of drug-likeness (QED) is 0.354. The number of hydrogen-bond acceptors (Lipinski definition) is 5. The van der Waals surface area contributed by atoms with Crippen molar-refractivity contribution < 1.29 is 9.53 Å². The molecule has 0 aromatic carbocycles. The third-order valence-electron chi connectivity index (χ3n) is 2.49. The largest absolute Gasteiger partial charge is 0.465 e. The number of azide groups is 1. The molecule has 0 bridgehead atoms. The van der Waals surface area contributed by atoms with Gasteiger partial charge in [0.1, 0.15) is 11.6 Å². The number of aryl methyl sites for hydroxylation is 1. The van der Waals surface area contributed by atoms with Gasteiger partial charge in [-0.05, 0) is 38.3 Å². The monoisotopic (exact) mass is 249 g/mol. The summed E-state index contributed by atoms with van der Waals surface area (Å²) in [7, 11) is 0. The number of ether oxygens (including phenoxy) is 1. The zero-order valence-electron chi connectivity index (χ0n) is 10.8. The number of hydrogen-bond donors (Lipinski definition) is 0. The first kappa shape index (κ1) is 13.9. The van der Waals surface area contributed by atoms with Crippen molar-refractivity contribution in [3.8, 4) is 0 Å². The SMILES string of the molecule is CCOC(=O)C(C)(C)c1cnc(C)nc1N=[N+]=[N-]. The van der Waals surface area contributed by atoms with Gasteiger partial charge in [-0.2, -0.15) is 0 Å². The molecule has 0 spiro atoms. The highest BCUT2D eigenvalue weighted by Gasteiger charge is 2.34. The Morgan fingerprint density at radius 1 is 1.61 bits per heavy atom. The minimum atomic E-state index is -0.965. The van der Waals surface area contributed by atoms with E-state index in [-0.39, 0.29) is 12.4 Å². The van der Waals surface area contributed by atoms with Gasteiger partial charge in [0.2, 0.25) is 0 Å². The molecule has 0 saturated carbocycles. The van der Waals surface area contributed by atoms with E-state index in [9.17, 15) is 4.79 Å². The summed E-state index contributed by atoms with van der Waals surface area (Å²) in [6.45, 7) is 7.04. The van der Waals surface area contributed by atoms with E-state index in [0.29, 0.717) is 11.4 Å². The Hall–Kier alpha value is -2.14. The first-order valence-corrected chi connectivity index (χ1v) is 5.50. The van der Waals surface area contributed by atoms with Crippen molar-refractivity contribution in [2.75, 3.05) is 6.61 Å². The Morgan fingerprint density at radius 2 is 2.28 bits per heavy atom. The number of rotatable bonds is 4. The van der Waals surface area contributed by atoms with Gasteiger partial charge in [0.25, 0.3) is 0 Å².